The molecule has 0 atom stereocenters. The van der Waals surface area contributed by atoms with Crippen molar-refractivity contribution in [3.63, 3.8) is 0 Å². The first-order valence-corrected chi connectivity index (χ1v) is 5.54. The maximum absolute atomic E-state index is 5.55. The number of nitrogens with zero attached hydrogens (tertiary/aromatic N) is 2. The van der Waals surface area contributed by atoms with E-state index in [2.05, 4.69) is 43.2 Å². The van der Waals surface area contributed by atoms with Gasteiger partial charge in [-0.05, 0) is 23.6 Å². The molecule has 16 heavy (non-hydrogen) atoms. The van der Waals surface area contributed by atoms with Crippen LogP contribution in [-0.4, -0.2) is 9.78 Å². The molecule has 0 fully saturated rings. The number of hydrogen-bond acceptors (Lipinski definition) is 2. The molecule has 1 aromatic heterocycles. The summed E-state index contributed by atoms with van der Waals surface area (Å²) in [7, 11) is 0. The minimum absolute atomic E-state index is 0.532. The normalized spacial score (nSPS) is 11.0. The molecule has 0 bridgehead atoms. The number of hydrogen-bond donors (Lipinski definition) is 1. The van der Waals surface area contributed by atoms with Crippen LogP contribution in [0.4, 0.5) is 0 Å². The van der Waals surface area contributed by atoms with E-state index in [-0.39, 0.29) is 0 Å². The van der Waals surface area contributed by atoms with Crippen LogP contribution >= 0.6 is 0 Å². The third kappa shape index (κ3) is 2.14. The zero-order valence-corrected chi connectivity index (χ0v) is 9.72. The third-order valence-electron chi connectivity index (χ3n) is 2.70. The van der Waals surface area contributed by atoms with Crippen LogP contribution in [0.15, 0.2) is 36.7 Å². The Morgan fingerprint density at radius 2 is 1.94 bits per heavy atom. The van der Waals surface area contributed by atoms with Gasteiger partial charge in [-0.25, -0.2) is 4.68 Å². The largest absolute Gasteiger partial charge is 0.326 e. The van der Waals surface area contributed by atoms with Crippen LogP contribution < -0.4 is 5.73 Å². The van der Waals surface area contributed by atoms with E-state index >= 15 is 0 Å². The molecule has 0 aliphatic carbocycles. The first kappa shape index (κ1) is 10.9. The summed E-state index contributed by atoms with van der Waals surface area (Å²) in [5, 5.41) is 4.27. The van der Waals surface area contributed by atoms with Gasteiger partial charge in [0.15, 0.2) is 0 Å². The average Bonchev–Trinajstić information content (AvgIpc) is 2.77. The van der Waals surface area contributed by atoms with Crippen molar-refractivity contribution in [3.8, 4) is 5.69 Å². The topological polar surface area (TPSA) is 43.8 Å². The van der Waals surface area contributed by atoms with Crippen molar-refractivity contribution in [3.05, 3.63) is 47.8 Å². The summed E-state index contributed by atoms with van der Waals surface area (Å²) in [5.74, 6) is 0.561. The molecule has 0 aliphatic rings. The second kappa shape index (κ2) is 4.49. The van der Waals surface area contributed by atoms with Gasteiger partial charge in [-0.1, -0.05) is 26.0 Å². The van der Waals surface area contributed by atoms with Crippen LogP contribution in [0.3, 0.4) is 0 Å². The van der Waals surface area contributed by atoms with Crippen molar-refractivity contribution in [1.82, 2.24) is 9.78 Å². The van der Waals surface area contributed by atoms with E-state index in [0.29, 0.717) is 12.5 Å². The second-order valence-electron chi connectivity index (χ2n) is 4.24. The van der Waals surface area contributed by atoms with Crippen molar-refractivity contribution in [2.45, 2.75) is 26.3 Å². The van der Waals surface area contributed by atoms with Crippen molar-refractivity contribution >= 4 is 0 Å². The van der Waals surface area contributed by atoms with Gasteiger partial charge in [-0.2, -0.15) is 5.10 Å². The lowest BCUT2D eigenvalue weighted by Crippen LogP contribution is -1.96. The zero-order valence-electron chi connectivity index (χ0n) is 9.72. The molecule has 0 spiro atoms. The molecular formula is C13H17N3. The fraction of sp³-hybridized carbons (Fsp3) is 0.308. The van der Waals surface area contributed by atoms with E-state index in [4.69, 9.17) is 5.73 Å². The Kier molecular flexibility index (Phi) is 3.06. The van der Waals surface area contributed by atoms with E-state index in [1.165, 1.54) is 5.56 Å². The van der Waals surface area contributed by atoms with Crippen LogP contribution in [-0.2, 0) is 6.54 Å². The van der Waals surface area contributed by atoms with Crippen LogP contribution in [0, 0.1) is 0 Å². The van der Waals surface area contributed by atoms with Gasteiger partial charge in [-0.15, -0.1) is 0 Å². The molecule has 0 amide bonds. The highest BCUT2D eigenvalue weighted by Crippen LogP contribution is 2.16. The van der Waals surface area contributed by atoms with Gasteiger partial charge in [-0.3, -0.25) is 0 Å². The fourth-order valence-corrected chi connectivity index (χ4v) is 1.62. The van der Waals surface area contributed by atoms with Crippen molar-refractivity contribution in [1.29, 1.82) is 0 Å². The average molecular weight is 215 g/mol. The van der Waals surface area contributed by atoms with Gasteiger partial charge in [0, 0.05) is 18.3 Å². The van der Waals surface area contributed by atoms with Crippen LogP contribution in [0.25, 0.3) is 5.69 Å². The summed E-state index contributed by atoms with van der Waals surface area (Å²) in [6.45, 7) is 4.91. The summed E-state index contributed by atoms with van der Waals surface area (Å²) in [5.41, 5.74) is 9.02. The monoisotopic (exact) mass is 215 g/mol. The number of aromatic nitrogens is 2. The second-order valence-corrected chi connectivity index (χ2v) is 4.24. The van der Waals surface area contributed by atoms with Gasteiger partial charge < -0.3 is 5.73 Å². The van der Waals surface area contributed by atoms with Gasteiger partial charge in [0.1, 0.15) is 0 Å². The van der Waals surface area contributed by atoms with E-state index in [0.717, 1.165) is 11.3 Å². The number of benzene rings is 1. The molecule has 0 unspecified atom stereocenters. The van der Waals surface area contributed by atoms with Crippen LogP contribution in [0.2, 0.25) is 0 Å². The maximum atomic E-state index is 5.55. The molecule has 1 aromatic carbocycles. The Hall–Kier alpha value is -1.61. The standard InChI is InChI=1S/C13H17N3/c1-10(2)12-3-5-13(6-4-12)16-9-11(7-14)8-15-16/h3-6,8-10H,7,14H2,1-2H3. The molecule has 1 heterocycles. The summed E-state index contributed by atoms with van der Waals surface area (Å²) < 4.78 is 1.85. The summed E-state index contributed by atoms with van der Waals surface area (Å²) in [6.07, 6.45) is 3.76. The lowest BCUT2D eigenvalue weighted by molar-refractivity contribution is 0.853. The number of rotatable bonds is 3. The molecule has 84 valence electrons. The Morgan fingerprint density at radius 1 is 1.25 bits per heavy atom. The minimum Gasteiger partial charge on any atom is -0.326 e. The van der Waals surface area contributed by atoms with Crippen LogP contribution in [0.1, 0.15) is 30.9 Å². The highest BCUT2D eigenvalue weighted by atomic mass is 15.3. The molecule has 2 rings (SSSR count). The molecule has 2 aromatic rings. The van der Waals surface area contributed by atoms with Crippen LogP contribution in [0.5, 0.6) is 0 Å². The molecule has 3 nitrogen and oxygen atoms in total. The van der Waals surface area contributed by atoms with E-state index in [1.54, 1.807) is 6.20 Å². The smallest absolute Gasteiger partial charge is 0.0645 e. The van der Waals surface area contributed by atoms with Crippen molar-refractivity contribution < 1.29 is 0 Å². The highest BCUT2D eigenvalue weighted by Gasteiger charge is 2.01. The van der Waals surface area contributed by atoms with Gasteiger partial charge in [0.2, 0.25) is 0 Å². The van der Waals surface area contributed by atoms with E-state index in [9.17, 15) is 0 Å². The minimum atomic E-state index is 0.532. The van der Waals surface area contributed by atoms with Crippen molar-refractivity contribution in [2.24, 2.45) is 5.73 Å². The first-order chi connectivity index (χ1) is 7.70. The molecule has 0 saturated heterocycles. The molecule has 2 N–H and O–H groups in total. The first-order valence-electron chi connectivity index (χ1n) is 5.54. The number of nitrogens with two attached hydrogens (primary N) is 1. The van der Waals surface area contributed by atoms with Crippen molar-refractivity contribution in [2.75, 3.05) is 0 Å². The van der Waals surface area contributed by atoms with Gasteiger partial charge in [0.05, 0.1) is 11.9 Å². The molecular weight excluding hydrogens is 198 g/mol. The third-order valence-corrected chi connectivity index (χ3v) is 2.70. The highest BCUT2D eigenvalue weighted by molar-refractivity contribution is 5.35. The lowest BCUT2D eigenvalue weighted by atomic mass is 10.0. The molecule has 0 radical (unpaired) electrons. The maximum Gasteiger partial charge on any atom is 0.0645 e. The lowest BCUT2D eigenvalue weighted by Gasteiger charge is -2.06. The Bertz CT molecular complexity index is 454. The predicted molar refractivity (Wildman–Crippen MR) is 65.5 cm³/mol. The molecule has 0 saturated carbocycles. The van der Waals surface area contributed by atoms with E-state index in [1.807, 2.05) is 10.9 Å². The predicted octanol–water partition coefficient (Wildman–Crippen LogP) is 2.45. The summed E-state index contributed by atoms with van der Waals surface area (Å²) in [4.78, 5) is 0. The van der Waals surface area contributed by atoms with E-state index < -0.39 is 0 Å². The zero-order chi connectivity index (χ0) is 11.5. The van der Waals surface area contributed by atoms with Gasteiger partial charge >= 0.3 is 0 Å². The quantitative estimate of drug-likeness (QED) is 0.854. The summed E-state index contributed by atoms with van der Waals surface area (Å²) in [6, 6.07) is 8.46. The Labute approximate surface area is 95.9 Å². The Morgan fingerprint density at radius 3 is 2.44 bits per heavy atom. The fourth-order valence-electron chi connectivity index (χ4n) is 1.62. The Balaban J connectivity index is 2.27. The molecule has 0 aliphatic heterocycles. The van der Waals surface area contributed by atoms with Gasteiger partial charge in [0.25, 0.3) is 0 Å². The SMILES string of the molecule is CC(C)c1ccc(-n2cc(CN)cn2)cc1. The summed E-state index contributed by atoms with van der Waals surface area (Å²) >= 11 is 0. The molecule has 3 heteroatoms.